The van der Waals surface area contributed by atoms with Gasteiger partial charge in [0, 0.05) is 23.5 Å². The van der Waals surface area contributed by atoms with Gasteiger partial charge in [0.15, 0.2) is 0 Å². The fraction of sp³-hybridized carbons (Fsp3) is 0.429. The van der Waals surface area contributed by atoms with Crippen molar-refractivity contribution in [1.29, 1.82) is 0 Å². The average Bonchev–Trinajstić information content (AvgIpc) is 2.90. The average molecular weight is 242 g/mol. The molecule has 3 rings (SSSR count). The maximum Gasteiger partial charge on any atom is 0.123 e. The molecule has 2 aromatic heterocycles. The highest BCUT2D eigenvalue weighted by molar-refractivity contribution is 5.61. The number of hydrogen-bond donors (Lipinski definition) is 1. The molecule has 4 heteroatoms. The molecule has 0 bridgehead atoms. The van der Waals surface area contributed by atoms with Crippen molar-refractivity contribution in [1.82, 2.24) is 14.8 Å². The smallest absolute Gasteiger partial charge is 0.123 e. The zero-order chi connectivity index (χ0) is 12.4. The lowest BCUT2D eigenvalue weighted by Crippen LogP contribution is -2.12. The van der Waals surface area contributed by atoms with Crippen molar-refractivity contribution in [3.05, 3.63) is 30.7 Å². The molecule has 0 atom stereocenters. The van der Waals surface area contributed by atoms with Crippen molar-refractivity contribution in [2.45, 2.75) is 38.1 Å². The second-order valence-electron chi connectivity index (χ2n) is 4.97. The molecule has 0 aliphatic heterocycles. The molecular weight excluding hydrogens is 224 g/mol. The van der Waals surface area contributed by atoms with E-state index in [0.29, 0.717) is 11.9 Å². The minimum atomic E-state index is 0.554. The molecule has 2 aromatic rings. The van der Waals surface area contributed by atoms with Gasteiger partial charge >= 0.3 is 0 Å². The Labute approximate surface area is 107 Å². The van der Waals surface area contributed by atoms with E-state index < -0.39 is 0 Å². The largest absolute Gasteiger partial charge is 0.384 e. The van der Waals surface area contributed by atoms with E-state index in [1.807, 2.05) is 18.3 Å². The first-order valence-corrected chi connectivity index (χ1v) is 6.59. The maximum atomic E-state index is 5.59. The highest BCUT2D eigenvalue weighted by Gasteiger charge is 2.16. The van der Waals surface area contributed by atoms with Crippen LogP contribution in [0, 0.1) is 0 Å². The third-order valence-corrected chi connectivity index (χ3v) is 3.67. The fourth-order valence-corrected chi connectivity index (χ4v) is 2.61. The second-order valence-corrected chi connectivity index (χ2v) is 4.97. The van der Waals surface area contributed by atoms with Gasteiger partial charge < -0.3 is 5.73 Å². The molecule has 1 aliphatic rings. The van der Waals surface area contributed by atoms with Crippen LogP contribution >= 0.6 is 0 Å². The number of hydrogen-bond acceptors (Lipinski definition) is 3. The van der Waals surface area contributed by atoms with Gasteiger partial charge in [-0.1, -0.05) is 19.3 Å². The van der Waals surface area contributed by atoms with E-state index in [9.17, 15) is 0 Å². The summed E-state index contributed by atoms with van der Waals surface area (Å²) in [5, 5.41) is 4.50. The van der Waals surface area contributed by atoms with E-state index in [-0.39, 0.29) is 0 Å². The lowest BCUT2D eigenvalue weighted by Gasteiger charge is -2.21. The maximum absolute atomic E-state index is 5.59. The number of pyridine rings is 1. The number of anilines is 1. The minimum Gasteiger partial charge on any atom is -0.384 e. The quantitative estimate of drug-likeness (QED) is 0.880. The van der Waals surface area contributed by atoms with E-state index in [2.05, 4.69) is 21.0 Å². The Hall–Kier alpha value is -1.84. The van der Waals surface area contributed by atoms with Crippen LogP contribution in [0.2, 0.25) is 0 Å². The van der Waals surface area contributed by atoms with E-state index in [1.165, 1.54) is 32.1 Å². The van der Waals surface area contributed by atoms with Crippen LogP contribution in [0.15, 0.2) is 30.7 Å². The molecule has 1 saturated carbocycles. The second kappa shape index (κ2) is 4.80. The van der Waals surface area contributed by atoms with Gasteiger partial charge in [-0.05, 0) is 25.0 Å². The molecule has 2 N–H and O–H groups in total. The summed E-state index contributed by atoms with van der Waals surface area (Å²) < 4.78 is 2.12. The lowest BCUT2D eigenvalue weighted by molar-refractivity contribution is 0.329. The summed E-state index contributed by atoms with van der Waals surface area (Å²) in [5.74, 6) is 0.554. The van der Waals surface area contributed by atoms with Gasteiger partial charge in [0.25, 0.3) is 0 Å². The monoisotopic (exact) mass is 242 g/mol. The predicted octanol–water partition coefficient (Wildman–Crippen LogP) is 3.03. The Kier molecular flexibility index (Phi) is 3.00. The van der Waals surface area contributed by atoms with Crippen LogP contribution in [0.1, 0.15) is 38.1 Å². The van der Waals surface area contributed by atoms with Crippen molar-refractivity contribution < 1.29 is 0 Å². The predicted molar refractivity (Wildman–Crippen MR) is 72.0 cm³/mol. The molecule has 2 heterocycles. The van der Waals surface area contributed by atoms with Crippen molar-refractivity contribution in [2.75, 3.05) is 5.73 Å². The summed E-state index contributed by atoms with van der Waals surface area (Å²) >= 11 is 0. The third-order valence-electron chi connectivity index (χ3n) is 3.67. The molecule has 0 amide bonds. The van der Waals surface area contributed by atoms with E-state index >= 15 is 0 Å². The summed E-state index contributed by atoms with van der Waals surface area (Å²) in [6, 6.07) is 4.40. The molecule has 0 saturated heterocycles. The number of nitrogens with zero attached hydrogens (tertiary/aromatic N) is 3. The Bertz CT molecular complexity index is 509. The summed E-state index contributed by atoms with van der Waals surface area (Å²) in [6.45, 7) is 0. The van der Waals surface area contributed by atoms with E-state index in [0.717, 1.165) is 11.1 Å². The van der Waals surface area contributed by atoms with Crippen molar-refractivity contribution in [3.63, 3.8) is 0 Å². The fourth-order valence-electron chi connectivity index (χ4n) is 2.61. The molecule has 0 unspecified atom stereocenters. The molecule has 4 nitrogen and oxygen atoms in total. The highest BCUT2D eigenvalue weighted by Crippen LogP contribution is 2.29. The summed E-state index contributed by atoms with van der Waals surface area (Å²) in [4.78, 5) is 4.12. The molecule has 1 aliphatic carbocycles. The molecule has 0 radical (unpaired) electrons. The van der Waals surface area contributed by atoms with E-state index in [1.54, 1.807) is 6.20 Å². The first kappa shape index (κ1) is 11.3. The summed E-state index contributed by atoms with van der Waals surface area (Å²) in [6.07, 6.45) is 12.4. The zero-order valence-electron chi connectivity index (χ0n) is 10.4. The van der Waals surface area contributed by atoms with Gasteiger partial charge in [-0.2, -0.15) is 5.10 Å². The van der Waals surface area contributed by atoms with E-state index in [4.69, 9.17) is 5.73 Å². The van der Waals surface area contributed by atoms with Gasteiger partial charge in [0.05, 0.1) is 12.2 Å². The van der Waals surface area contributed by atoms with Gasteiger partial charge in [0.1, 0.15) is 5.82 Å². The van der Waals surface area contributed by atoms with Gasteiger partial charge in [-0.3, -0.25) is 4.68 Å². The van der Waals surface area contributed by atoms with Crippen molar-refractivity contribution >= 4 is 5.82 Å². The number of nitrogen functional groups attached to an aromatic ring is 1. The highest BCUT2D eigenvalue weighted by atomic mass is 15.3. The number of rotatable bonds is 2. The van der Waals surface area contributed by atoms with Crippen molar-refractivity contribution in [3.8, 4) is 11.1 Å². The normalized spacial score (nSPS) is 16.9. The minimum absolute atomic E-state index is 0.554. The van der Waals surface area contributed by atoms with Crippen LogP contribution in [-0.2, 0) is 0 Å². The van der Waals surface area contributed by atoms with Crippen LogP contribution in [0.4, 0.5) is 5.82 Å². The standard InChI is InChI=1S/C14H18N4/c15-14-7-6-11(8-16-14)12-9-17-18(10-12)13-4-2-1-3-5-13/h6-10,13H,1-5H2,(H2,15,16). The number of aromatic nitrogens is 3. The van der Waals surface area contributed by atoms with Gasteiger partial charge in [-0.25, -0.2) is 4.98 Å². The first-order valence-electron chi connectivity index (χ1n) is 6.59. The van der Waals surface area contributed by atoms with Crippen LogP contribution in [0.3, 0.4) is 0 Å². The lowest BCUT2D eigenvalue weighted by atomic mass is 9.96. The van der Waals surface area contributed by atoms with Crippen LogP contribution in [-0.4, -0.2) is 14.8 Å². The Morgan fingerprint density at radius 2 is 1.89 bits per heavy atom. The number of nitrogens with two attached hydrogens (primary N) is 1. The topological polar surface area (TPSA) is 56.7 Å². The Balaban J connectivity index is 1.82. The summed E-state index contributed by atoms with van der Waals surface area (Å²) in [7, 11) is 0. The molecule has 1 fully saturated rings. The van der Waals surface area contributed by atoms with Crippen molar-refractivity contribution in [2.24, 2.45) is 0 Å². The van der Waals surface area contributed by atoms with Gasteiger partial charge in [-0.15, -0.1) is 0 Å². The van der Waals surface area contributed by atoms with Crippen LogP contribution in [0.5, 0.6) is 0 Å². The van der Waals surface area contributed by atoms with Crippen LogP contribution in [0.25, 0.3) is 11.1 Å². The van der Waals surface area contributed by atoms with Crippen LogP contribution < -0.4 is 5.73 Å². The zero-order valence-corrected chi connectivity index (χ0v) is 10.4. The first-order chi connectivity index (χ1) is 8.83. The molecule has 0 aromatic carbocycles. The third kappa shape index (κ3) is 2.23. The Morgan fingerprint density at radius 1 is 1.06 bits per heavy atom. The molecule has 94 valence electrons. The molecular formula is C14H18N4. The summed E-state index contributed by atoms with van der Waals surface area (Å²) in [5.41, 5.74) is 7.79. The Morgan fingerprint density at radius 3 is 2.61 bits per heavy atom. The molecule has 18 heavy (non-hydrogen) atoms. The molecule has 0 spiro atoms. The SMILES string of the molecule is Nc1ccc(-c2cnn(C3CCCCC3)c2)cn1. The van der Waals surface area contributed by atoms with Gasteiger partial charge in [0.2, 0.25) is 0 Å².